The molecular weight excluding hydrogens is 414 g/mol. The number of carbonyl (C=O) groups is 1. The second-order valence-corrected chi connectivity index (χ2v) is 9.31. The second kappa shape index (κ2) is 10.1. The molecule has 1 amide bonds. The molecule has 4 rings (SSSR count). The third kappa shape index (κ3) is 5.78. The molecular formula is C26H33N5O2. The highest BCUT2D eigenvalue weighted by Gasteiger charge is 2.27. The minimum Gasteiger partial charge on any atom is -0.378 e. The van der Waals surface area contributed by atoms with Gasteiger partial charge in [-0.1, -0.05) is 17.3 Å². The van der Waals surface area contributed by atoms with Crippen molar-refractivity contribution in [2.24, 2.45) is 5.92 Å². The first-order chi connectivity index (χ1) is 15.9. The molecule has 2 heterocycles. The van der Waals surface area contributed by atoms with E-state index in [0.717, 1.165) is 72.0 Å². The fourth-order valence-electron chi connectivity index (χ4n) is 4.54. The van der Waals surface area contributed by atoms with Crippen LogP contribution in [0.15, 0.2) is 41.1 Å². The monoisotopic (exact) mass is 447 g/mol. The van der Waals surface area contributed by atoms with Crippen molar-refractivity contribution < 1.29 is 9.32 Å². The van der Waals surface area contributed by atoms with Crippen LogP contribution >= 0.6 is 0 Å². The van der Waals surface area contributed by atoms with E-state index >= 15 is 0 Å². The van der Waals surface area contributed by atoms with Gasteiger partial charge in [-0.15, -0.1) is 0 Å². The number of nitrogens with one attached hydrogen (secondary N) is 1. The van der Waals surface area contributed by atoms with Crippen LogP contribution in [0.25, 0.3) is 11.3 Å². The number of carbonyl (C=O) groups excluding carboxylic acids is 1. The lowest BCUT2D eigenvalue weighted by Crippen LogP contribution is -2.32. The summed E-state index contributed by atoms with van der Waals surface area (Å²) >= 11 is 0. The number of nitrogens with zero attached hydrogens (tertiary/aromatic N) is 4. The van der Waals surface area contributed by atoms with Gasteiger partial charge >= 0.3 is 0 Å². The molecule has 1 saturated carbocycles. The van der Waals surface area contributed by atoms with Crippen molar-refractivity contribution in [2.45, 2.75) is 51.9 Å². The summed E-state index contributed by atoms with van der Waals surface area (Å²) in [5, 5.41) is 7.17. The fraction of sp³-hybridized carbons (Fsp3) is 0.462. The molecule has 2 aromatic heterocycles. The quantitative estimate of drug-likeness (QED) is 0.576. The van der Waals surface area contributed by atoms with Gasteiger partial charge in [0.2, 0.25) is 5.91 Å². The lowest BCUT2D eigenvalue weighted by atomic mass is 9.79. The second-order valence-electron chi connectivity index (χ2n) is 9.31. The molecule has 7 nitrogen and oxygen atoms in total. The number of rotatable bonds is 7. The van der Waals surface area contributed by atoms with E-state index in [2.05, 4.69) is 20.4 Å². The third-order valence-electron chi connectivity index (χ3n) is 6.47. The van der Waals surface area contributed by atoms with Gasteiger partial charge in [-0.2, -0.15) is 0 Å². The van der Waals surface area contributed by atoms with Crippen LogP contribution < -0.4 is 10.2 Å². The van der Waals surface area contributed by atoms with Gasteiger partial charge in [0.25, 0.3) is 0 Å². The van der Waals surface area contributed by atoms with Gasteiger partial charge in [0.1, 0.15) is 5.82 Å². The minimum absolute atomic E-state index is 0.0872. The first-order valence-corrected chi connectivity index (χ1v) is 11.7. The van der Waals surface area contributed by atoms with Crippen LogP contribution in [-0.4, -0.2) is 41.7 Å². The maximum absolute atomic E-state index is 12.4. The normalized spacial score (nSPS) is 18.2. The summed E-state index contributed by atoms with van der Waals surface area (Å²) < 4.78 is 5.49. The summed E-state index contributed by atoms with van der Waals surface area (Å²) in [6.07, 6.45) is 6.51. The van der Waals surface area contributed by atoms with Crippen LogP contribution in [0, 0.1) is 19.8 Å². The molecule has 1 aliphatic rings. The van der Waals surface area contributed by atoms with Gasteiger partial charge in [0.15, 0.2) is 5.76 Å². The molecule has 0 spiro atoms. The smallest absolute Gasteiger partial charge is 0.224 e. The molecule has 3 aromatic rings. The average molecular weight is 448 g/mol. The summed E-state index contributed by atoms with van der Waals surface area (Å²) in [5.74, 6) is 2.46. The van der Waals surface area contributed by atoms with Crippen molar-refractivity contribution in [1.82, 2.24) is 20.4 Å². The van der Waals surface area contributed by atoms with Crippen LogP contribution in [0.5, 0.6) is 0 Å². The Kier molecular flexibility index (Phi) is 7.06. The van der Waals surface area contributed by atoms with Gasteiger partial charge in [0.05, 0.1) is 23.4 Å². The number of anilines is 1. The predicted molar refractivity (Wildman–Crippen MR) is 129 cm³/mol. The summed E-state index contributed by atoms with van der Waals surface area (Å²) in [6.45, 7) is 4.58. The van der Waals surface area contributed by atoms with Crippen LogP contribution in [0.1, 0.15) is 54.4 Å². The van der Waals surface area contributed by atoms with E-state index in [1.165, 1.54) is 0 Å². The van der Waals surface area contributed by atoms with Crippen molar-refractivity contribution >= 4 is 11.6 Å². The molecule has 1 N–H and O–H groups in total. The largest absolute Gasteiger partial charge is 0.378 e. The first-order valence-electron chi connectivity index (χ1n) is 11.7. The van der Waals surface area contributed by atoms with Crippen molar-refractivity contribution in [3.63, 3.8) is 0 Å². The van der Waals surface area contributed by atoms with Crippen LogP contribution in [0.3, 0.4) is 0 Å². The molecule has 1 fully saturated rings. The number of hydrogen-bond acceptors (Lipinski definition) is 6. The molecule has 0 saturated heterocycles. The van der Waals surface area contributed by atoms with Crippen LogP contribution in [-0.2, 0) is 11.2 Å². The fourth-order valence-corrected chi connectivity index (χ4v) is 4.54. The van der Waals surface area contributed by atoms with Crippen molar-refractivity contribution in [2.75, 3.05) is 25.5 Å². The number of amides is 1. The van der Waals surface area contributed by atoms with E-state index in [1.54, 1.807) is 0 Å². The molecule has 7 heteroatoms. The Bertz CT molecular complexity index is 1080. The molecule has 0 unspecified atom stereocenters. The van der Waals surface area contributed by atoms with Gasteiger partial charge in [-0.05, 0) is 63.1 Å². The lowest BCUT2D eigenvalue weighted by molar-refractivity contribution is -0.120. The van der Waals surface area contributed by atoms with E-state index in [1.807, 2.05) is 64.5 Å². The van der Waals surface area contributed by atoms with Crippen molar-refractivity contribution in [1.29, 1.82) is 0 Å². The number of aryl methyl sites for hydroxylation is 2. The molecule has 33 heavy (non-hydrogen) atoms. The highest BCUT2D eigenvalue weighted by atomic mass is 16.5. The van der Waals surface area contributed by atoms with Gasteiger partial charge in [-0.3, -0.25) is 4.79 Å². The molecule has 1 aromatic carbocycles. The number of hydrogen-bond donors (Lipinski definition) is 1. The zero-order chi connectivity index (χ0) is 23.4. The maximum Gasteiger partial charge on any atom is 0.224 e. The van der Waals surface area contributed by atoms with Crippen molar-refractivity contribution in [3.8, 4) is 11.3 Å². The van der Waals surface area contributed by atoms with E-state index < -0.39 is 0 Å². The maximum atomic E-state index is 12.4. The van der Waals surface area contributed by atoms with E-state index in [0.29, 0.717) is 18.3 Å². The summed E-state index contributed by atoms with van der Waals surface area (Å²) in [7, 11) is 4.02. The highest BCUT2D eigenvalue weighted by molar-refractivity contribution is 5.78. The van der Waals surface area contributed by atoms with Crippen molar-refractivity contribution in [3.05, 3.63) is 59.3 Å². The Morgan fingerprint density at radius 3 is 2.48 bits per heavy atom. The van der Waals surface area contributed by atoms with Gasteiger partial charge in [-0.25, -0.2) is 9.97 Å². The highest BCUT2D eigenvalue weighted by Crippen LogP contribution is 2.38. The molecule has 1 aliphatic carbocycles. The minimum atomic E-state index is 0.0872. The first kappa shape index (κ1) is 23.0. The molecule has 0 bridgehead atoms. The molecule has 0 aliphatic heterocycles. The topological polar surface area (TPSA) is 84.2 Å². The number of benzene rings is 1. The predicted octanol–water partition coefficient (Wildman–Crippen LogP) is 4.45. The van der Waals surface area contributed by atoms with Crippen LogP contribution in [0.2, 0.25) is 0 Å². The van der Waals surface area contributed by atoms with Gasteiger partial charge < -0.3 is 14.7 Å². The Morgan fingerprint density at radius 2 is 1.85 bits per heavy atom. The standard InChI is InChI=1S/C26H33N5O2/c1-17-13-24(33-30-17)23-16-27-18(2)29-26(23)21-9-5-20(6-10-21)15-28-25(32)14-19-7-11-22(12-8-19)31(3)4/h7-8,11-13,16,20-21H,5-6,9-10,14-15H2,1-4H3,(H,28,32). The van der Waals surface area contributed by atoms with E-state index in [-0.39, 0.29) is 5.91 Å². The van der Waals surface area contributed by atoms with E-state index in [9.17, 15) is 4.79 Å². The summed E-state index contributed by atoms with van der Waals surface area (Å²) in [5.41, 5.74) is 5.03. The Morgan fingerprint density at radius 1 is 1.12 bits per heavy atom. The third-order valence-corrected chi connectivity index (χ3v) is 6.47. The SMILES string of the molecule is Cc1cc(-c2cnc(C)nc2C2CCC(CNC(=O)Cc3ccc(N(C)C)cc3)CC2)on1. The molecule has 0 radical (unpaired) electrons. The zero-order valence-electron chi connectivity index (χ0n) is 20.0. The Hall–Kier alpha value is -3.22. The Labute approximate surface area is 195 Å². The average Bonchev–Trinajstić information content (AvgIpc) is 3.24. The summed E-state index contributed by atoms with van der Waals surface area (Å²) in [6, 6.07) is 10.1. The molecule has 0 atom stereocenters. The van der Waals surface area contributed by atoms with Crippen LogP contribution in [0.4, 0.5) is 5.69 Å². The van der Waals surface area contributed by atoms with E-state index in [4.69, 9.17) is 9.51 Å². The lowest BCUT2D eigenvalue weighted by Gasteiger charge is -2.29. The molecule has 174 valence electrons. The number of aromatic nitrogens is 3. The van der Waals surface area contributed by atoms with Gasteiger partial charge in [0, 0.05) is 44.5 Å². The summed E-state index contributed by atoms with van der Waals surface area (Å²) in [4.78, 5) is 23.7. The zero-order valence-corrected chi connectivity index (χ0v) is 20.0. The Balaban J connectivity index is 1.30.